The van der Waals surface area contributed by atoms with E-state index in [9.17, 15) is 0 Å². The number of rotatable bonds is 2. The molecular weight excluding hydrogens is 297 g/mol. The summed E-state index contributed by atoms with van der Waals surface area (Å²) in [4.78, 5) is 0. The summed E-state index contributed by atoms with van der Waals surface area (Å²) in [5.41, 5.74) is 0. The summed E-state index contributed by atoms with van der Waals surface area (Å²) in [5.74, 6) is 0. The van der Waals surface area contributed by atoms with Crippen LogP contribution in [0.4, 0.5) is 0 Å². The van der Waals surface area contributed by atoms with E-state index in [-0.39, 0.29) is 19.9 Å². The van der Waals surface area contributed by atoms with Gasteiger partial charge in [0.1, 0.15) is 0 Å². The SMILES string of the molecule is C.C[P]([Rh][P](C)C(C)(C)C)C(C)(C)C. The maximum atomic E-state index is 2.49. The Morgan fingerprint density at radius 3 is 1.07 bits per heavy atom. The Labute approximate surface area is 101 Å². The molecule has 0 N–H and O–H groups in total. The fourth-order valence-corrected chi connectivity index (χ4v) is 18.6. The molecule has 0 bridgehead atoms. The zero-order valence-corrected chi connectivity index (χ0v) is 13.7. The minimum absolute atomic E-state index is 0. The Balaban J connectivity index is 0. The first-order valence-corrected chi connectivity index (χ1v) is 12.3. The average molecular weight is 325 g/mol. The van der Waals surface area contributed by atoms with Crippen molar-refractivity contribution in [2.24, 2.45) is 0 Å². The number of hydrogen-bond acceptors (Lipinski definition) is 0. The molecule has 0 nitrogen and oxygen atoms in total. The third-order valence-electron chi connectivity index (χ3n) is 1.99. The molecule has 0 saturated carbocycles. The average Bonchev–Trinajstić information content (AvgIpc) is 1.82. The molecule has 0 rings (SSSR count). The van der Waals surface area contributed by atoms with Crippen molar-refractivity contribution in [2.45, 2.75) is 59.3 Å². The molecule has 0 saturated heterocycles. The Morgan fingerprint density at radius 2 is 0.929 bits per heavy atom. The van der Waals surface area contributed by atoms with E-state index in [1.807, 2.05) is 0 Å². The van der Waals surface area contributed by atoms with E-state index in [2.05, 4.69) is 54.9 Å². The second-order valence-electron chi connectivity index (χ2n) is 5.30. The van der Waals surface area contributed by atoms with Gasteiger partial charge in [0.25, 0.3) is 0 Å². The Kier molecular flexibility index (Phi) is 8.01. The quantitative estimate of drug-likeness (QED) is 0.474. The van der Waals surface area contributed by atoms with Crippen molar-refractivity contribution in [1.82, 2.24) is 0 Å². The van der Waals surface area contributed by atoms with Gasteiger partial charge in [0, 0.05) is 0 Å². The molecule has 0 radical (unpaired) electrons. The van der Waals surface area contributed by atoms with Crippen molar-refractivity contribution in [3.63, 3.8) is 0 Å². The zero-order chi connectivity index (χ0) is 10.9. The van der Waals surface area contributed by atoms with Gasteiger partial charge in [-0.05, 0) is 0 Å². The maximum absolute atomic E-state index is 2.49. The molecule has 0 heterocycles. The van der Waals surface area contributed by atoms with Crippen LogP contribution in [0.5, 0.6) is 0 Å². The van der Waals surface area contributed by atoms with E-state index in [1.54, 1.807) is 0 Å². The second-order valence-corrected chi connectivity index (χ2v) is 19.9. The van der Waals surface area contributed by atoms with Crippen molar-refractivity contribution in [2.75, 3.05) is 13.3 Å². The van der Waals surface area contributed by atoms with E-state index in [1.165, 1.54) is 0 Å². The van der Waals surface area contributed by atoms with Gasteiger partial charge < -0.3 is 0 Å². The van der Waals surface area contributed by atoms with Gasteiger partial charge in [0.15, 0.2) is 0 Å². The van der Waals surface area contributed by atoms with E-state index in [0.717, 1.165) is 16.2 Å². The summed E-state index contributed by atoms with van der Waals surface area (Å²) in [6, 6.07) is 0. The first-order valence-electron chi connectivity index (χ1n) is 4.64. The van der Waals surface area contributed by atoms with Crippen LogP contribution in [0.2, 0.25) is 0 Å². The summed E-state index contributed by atoms with van der Waals surface area (Å²) in [5, 5.41) is 1.14. The molecule has 2 unspecified atom stereocenters. The molecule has 0 amide bonds. The van der Waals surface area contributed by atoms with E-state index >= 15 is 0 Å². The molecule has 0 fully saturated rings. The van der Waals surface area contributed by atoms with Gasteiger partial charge in [0.2, 0.25) is 0 Å². The standard InChI is InChI=1S/2C5H12P.CH4.Rh/c2*1-5(2,3)6-4;;/h2*1-4H3;1H4;/q2*-1;;+2. The summed E-state index contributed by atoms with van der Waals surface area (Å²) < 4.78 is 0. The second kappa shape index (κ2) is 6.28. The predicted octanol–water partition coefficient (Wildman–Crippen LogP) is 5.36. The summed E-state index contributed by atoms with van der Waals surface area (Å²) in [6.45, 7) is 19.4. The molecule has 14 heavy (non-hydrogen) atoms. The summed E-state index contributed by atoms with van der Waals surface area (Å²) in [6.07, 6.45) is 0.547. The first kappa shape index (κ1) is 17.9. The van der Waals surface area contributed by atoms with E-state index in [0.29, 0.717) is 10.3 Å². The van der Waals surface area contributed by atoms with Crippen molar-refractivity contribution >= 4 is 12.5 Å². The van der Waals surface area contributed by atoms with Crippen molar-refractivity contribution < 1.29 is 16.2 Å². The molecule has 0 aromatic rings. The van der Waals surface area contributed by atoms with Gasteiger partial charge in [-0.1, -0.05) is 7.43 Å². The van der Waals surface area contributed by atoms with Gasteiger partial charge in [-0.15, -0.1) is 0 Å². The van der Waals surface area contributed by atoms with Crippen LogP contribution in [0.1, 0.15) is 49.0 Å². The molecule has 0 spiro atoms. The normalized spacial score (nSPS) is 17.4. The molecule has 0 aliphatic heterocycles. The predicted molar refractivity (Wildman–Crippen MR) is 71.9 cm³/mol. The van der Waals surface area contributed by atoms with Crippen molar-refractivity contribution in [3.8, 4) is 0 Å². The van der Waals surface area contributed by atoms with Crippen LogP contribution >= 0.6 is 12.5 Å². The van der Waals surface area contributed by atoms with Crippen LogP contribution < -0.4 is 0 Å². The number of hydrogen-bond donors (Lipinski definition) is 0. The third-order valence-corrected chi connectivity index (χ3v) is 22.6. The molecule has 0 aromatic heterocycles. The molecule has 2 atom stereocenters. The van der Waals surface area contributed by atoms with E-state index < -0.39 is 0 Å². The fraction of sp³-hybridized carbons (Fsp3) is 1.00. The van der Waals surface area contributed by atoms with Crippen molar-refractivity contribution in [3.05, 3.63) is 0 Å². The third kappa shape index (κ3) is 6.87. The molecule has 91 valence electrons. The van der Waals surface area contributed by atoms with Crippen LogP contribution in [-0.4, -0.2) is 23.6 Å². The monoisotopic (exact) mass is 325 g/mol. The fourth-order valence-electron chi connectivity index (χ4n) is 0.350. The van der Waals surface area contributed by atoms with Crippen LogP contribution in [0.3, 0.4) is 0 Å². The Bertz CT molecular complexity index is 138. The van der Waals surface area contributed by atoms with Crippen LogP contribution in [0.15, 0.2) is 0 Å². The molecule has 0 aromatic carbocycles. The van der Waals surface area contributed by atoms with Crippen LogP contribution in [-0.2, 0) is 16.2 Å². The van der Waals surface area contributed by atoms with Gasteiger partial charge in [-0.2, -0.15) is 0 Å². The van der Waals surface area contributed by atoms with Gasteiger partial charge in [0.05, 0.1) is 0 Å². The Hall–Kier alpha value is 1.48. The molecular formula is C11H28P2Rh. The molecule has 0 aliphatic rings. The zero-order valence-electron chi connectivity index (χ0n) is 10.2. The summed E-state index contributed by atoms with van der Waals surface area (Å²) in [7, 11) is 0. The summed E-state index contributed by atoms with van der Waals surface area (Å²) >= 11 is 0.820. The molecule has 0 aliphatic carbocycles. The minimum atomic E-state index is 0. The van der Waals surface area contributed by atoms with Crippen LogP contribution in [0, 0.1) is 0 Å². The topological polar surface area (TPSA) is 0 Å². The van der Waals surface area contributed by atoms with Gasteiger partial charge in [-0.3, -0.25) is 0 Å². The Morgan fingerprint density at radius 1 is 0.714 bits per heavy atom. The first-order chi connectivity index (χ1) is 5.55. The van der Waals surface area contributed by atoms with Crippen molar-refractivity contribution in [1.29, 1.82) is 0 Å². The molecule has 3 heteroatoms. The van der Waals surface area contributed by atoms with Crippen LogP contribution in [0.25, 0.3) is 0 Å². The van der Waals surface area contributed by atoms with Gasteiger partial charge >= 0.3 is 93.9 Å². The van der Waals surface area contributed by atoms with Gasteiger partial charge in [-0.25, -0.2) is 0 Å². The van der Waals surface area contributed by atoms with E-state index in [4.69, 9.17) is 0 Å².